The van der Waals surface area contributed by atoms with Gasteiger partial charge in [0.2, 0.25) is 0 Å². The van der Waals surface area contributed by atoms with Crippen molar-refractivity contribution in [2.75, 3.05) is 20.6 Å². The Morgan fingerprint density at radius 1 is 1.03 bits per heavy atom. The predicted molar refractivity (Wildman–Crippen MR) is 149 cm³/mol. The van der Waals surface area contributed by atoms with Gasteiger partial charge in [-0.1, -0.05) is 52.5 Å². The zero-order chi connectivity index (χ0) is 27.6. The molecule has 0 aromatic carbocycles. The molecule has 0 aromatic rings. The molecule has 210 valence electrons. The van der Waals surface area contributed by atoms with E-state index in [2.05, 4.69) is 46.7 Å². The minimum Gasteiger partial charge on any atom is -0.451 e. The standard InChI is InChI=1S/C24H34O4.C8H19N/c1-14-12-18-19(22(4)9-6-17(27)13-21(14)22)7-10-23(5)20(18)8-11-24(23,15(2)25)28-16(3)26;1-4-5-6-7-8-9(2)3/h13-14,18-20H,6-12H2,1-5H3;4-8H2,1-3H3/t14-,18+,19-,20-,22+,23-,24-;/m0./s1. The minimum absolute atomic E-state index is 0.00469. The summed E-state index contributed by atoms with van der Waals surface area (Å²) in [5, 5.41) is 0. The van der Waals surface area contributed by atoms with E-state index in [-0.39, 0.29) is 28.4 Å². The first kappa shape index (κ1) is 30.1. The number of rotatable bonds is 7. The highest BCUT2D eigenvalue weighted by Crippen LogP contribution is 2.69. The van der Waals surface area contributed by atoms with Gasteiger partial charge in [0.15, 0.2) is 17.2 Å². The molecule has 0 radical (unpaired) electrons. The molecule has 0 bridgehead atoms. The number of carbonyl (C=O) groups excluding carboxylic acids is 3. The summed E-state index contributed by atoms with van der Waals surface area (Å²) in [6.45, 7) is 13.4. The molecular weight excluding hydrogens is 462 g/mol. The first-order valence-corrected chi connectivity index (χ1v) is 14.9. The Morgan fingerprint density at radius 3 is 2.30 bits per heavy atom. The van der Waals surface area contributed by atoms with E-state index in [4.69, 9.17) is 4.74 Å². The van der Waals surface area contributed by atoms with E-state index in [1.54, 1.807) is 6.92 Å². The highest BCUT2D eigenvalue weighted by molar-refractivity contribution is 5.92. The maximum atomic E-state index is 12.8. The summed E-state index contributed by atoms with van der Waals surface area (Å²) in [6, 6.07) is 0. The van der Waals surface area contributed by atoms with Gasteiger partial charge < -0.3 is 9.64 Å². The van der Waals surface area contributed by atoms with Crippen LogP contribution < -0.4 is 0 Å². The molecule has 0 unspecified atom stereocenters. The third-order valence-corrected chi connectivity index (χ3v) is 10.7. The number of ether oxygens (including phenoxy) is 1. The SMILES string of the molecule is CC(=O)O[C@]1(C(C)=O)CC[C@H]2[C@@H]3C[C@H](C)C4=CC(=O)CC[C@]4(C)[C@H]3CC[C@@]21C.CCCCCCN(C)C. The summed E-state index contributed by atoms with van der Waals surface area (Å²) in [6.07, 6.45) is 13.7. The van der Waals surface area contributed by atoms with Gasteiger partial charge in [0, 0.05) is 18.8 Å². The predicted octanol–water partition coefficient (Wildman–Crippen LogP) is 6.78. The number of hydrogen-bond donors (Lipinski definition) is 0. The van der Waals surface area contributed by atoms with Gasteiger partial charge >= 0.3 is 5.97 Å². The van der Waals surface area contributed by atoms with Crippen molar-refractivity contribution < 1.29 is 19.1 Å². The van der Waals surface area contributed by atoms with Gasteiger partial charge in [0.25, 0.3) is 0 Å². The van der Waals surface area contributed by atoms with Crippen LogP contribution in [0.4, 0.5) is 0 Å². The summed E-state index contributed by atoms with van der Waals surface area (Å²) in [4.78, 5) is 39.1. The van der Waals surface area contributed by atoms with Crippen LogP contribution in [0.25, 0.3) is 0 Å². The average Bonchev–Trinajstić information content (AvgIpc) is 3.11. The molecule has 0 heterocycles. The Bertz CT molecular complexity index is 893. The van der Waals surface area contributed by atoms with E-state index < -0.39 is 5.60 Å². The summed E-state index contributed by atoms with van der Waals surface area (Å²) < 4.78 is 5.84. The van der Waals surface area contributed by atoms with Crippen molar-refractivity contribution in [3.63, 3.8) is 0 Å². The topological polar surface area (TPSA) is 63.7 Å². The summed E-state index contributed by atoms with van der Waals surface area (Å²) in [5.74, 6) is 1.82. The molecule has 37 heavy (non-hydrogen) atoms. The molecule has 3 saturated carbocycles. The number of esters is 1. The average molecular weight is 516 g/mol. The summed E-state index contributed by atoms with van der Waals surface area (Å²) >= 11 is 0. The maximum Gasteiger partial charge on any atom is 0.303 e. The fourth-order valence-corrected chi connectivity index (χ4v) is 8.90. The number of allylic oxidation sites excluding steroid dienone is 1. The lowest BCUT2D eigenvalue weighted by molar-refractivity contribution is -0.187. The summed E-state index contributed by atoms with van der Waals surface area (Å²) in [5.41, 5.74) is 0.218. The van der Waals surface area contributed by atoms with Crippen molar-refractivity contribution in [3.8, 4) is 0 Å². The van der Waals surface area contributed by atoms with Crippen LogP contribution in [0.2, 0.25) is 0 Å². The van der Waals surface area contributed by atoms with Crippen LogP contribution in [0, 0.1) is 34.5 Å². The molecule has 7 atom stereocenters. The van der Waals surface area contributed by atoms with E-state index in [0.29, 0.717) is 36.5 Å². The van der Waals surface area contributed by atoms with Gasteiger partial charge in [-0.15, -0.1) is 0 Å². The van der Waals surface area contributed by atoms with Gasteiger partial charge in [0.05, 0.1) is 0 Å². The Kier molecular flexibility index (Phi) is 9.52. The van der Waals surface area contributed by atoms with Crippen LogP contribution in [0.15, 0.2) is 11.6 Å². The van der Waals surface area contributed by atoms with Crippen molar-refractivity contribution in [2.45, 2.75) is 118 Å². The third-order valence-electron chi connectivity index (χ3n) is 10.7. The van der Waals surface area contributed by atoms with Gasteiger partial charge in [-0.2, -0.15) is 0 Å². The molecule has 0 aliphatic heterocycles. The van der Waals surface area contributed by atoms with Crippen molar-refractivity contribution in [2.24, 2.45) is 34.5 Å². The number of Topliss-reactive ketones (excluding diaryl/α,β-unsaturated/α-hetero) is 1. The molecule has 4 aliphatic carbocycles. The van der Waals surface area contributed by atoms with Gasteiger partial charge in [-0.05, 0) is 108 Å². The van der Waals surface area contributed by atoms with Crippen LogP contribution >= 0.6 is 0 Å². The minimum atomic E-state index is -0.961. The lowest BCUT2D eigenvalue weighted by atomic mass is 9.44. The third kappa shape index (κ3) is 5.63. The molecule has 0 amide bonds. The van der Waals surface area contributed by atoms with Crippen molar-refractivity contribution in [1.82, 2.24) is 4.90 Å². The Morgan fingerprint density at radius 2 is 1.70 bits per heavy atom. The lowest BCUT2D eigenvalue weighted by Gasteiger charge is -2.60. The Labute approximate surface area is 226 Å². The van der Waals surface area contributed by atoms with Gasteiger partial charge in [0.1, 0.15) is 0 Å². The first-order valence-electron chi connectivity index (χ1n) is 14.9. The van der Waals surface area contributed by atoms with E-state index in [1.807, 2.05) is 6.08 Å². The van der Waals surface area contributed by atoms with Crippen LogP contribution in [-0.4, -0.2) is 48.7 Å². The Balaban J connectivity index is 0.000000364. The van der Waals surface area contributed by atoms with Crippen LogP contribution in [0.3, 0.4) is 0 Å². The molecule has 4 aliphatic rings. The smallest absolute Gasteiger partial charge is 0.303 e. The van der Waals surface area contributed by atoms with Gasteiger partial charge in [-0.25, -0.2) is 0 Å². The number of hydrogen-bond acceptors (Lipinski definition) is 5. The molecule has 5 heteroatoms. The van der Waals surface area contributed by atoms with E-state index in [9.17, 15) is 14.4 Å². The zero-order valence-corrected chi connectivity index (χ0v) is 25.0. The molecule has 0 aromatic heterocycles. The molecule has 3 fully saturated rings. The second kappa shape index (κ2) is 11.7. The number of nitrogens with zero attached hydrogens (tertiary/aromatic N) is 1. The fraction of sp³-hybridized carbons (Fsp3) is 0.844. The van der Waals surface area contributed by atoms with Crippen molar-refractivity contribution >= 4 is 17.5 Å². The fourth-order valence-electron chi connectivity index (χ4n) is 8.90. The monoisotopic (exact) mass is 515 g/mol. The maximum absolute atomic E-state index is 12.8. The van der Waals surface area contributed by atoms with Crippen LogP contribution in [-0.2, 0) is 19.1 Å². The van der Waals surface area contributed by atoms with Crippen LogP contribution in [0.5, 0.6) is 0 Å². The molecular formula is C32H53NO4. The molecule has 0 saturated heterocycles. The quantitative estimate of drug-likeness (QED) is 0.276. The number of fused-ring (bicyclic) bond motifs is 5. The highest BCUT2D eigenvalue weighted by atomic mass is 16.6. The second-order valence-electron chi connectivity index (χ2n) is 13.3. The second-order valence-corrected chi connectivity index (χ2v) is 13.3. The first-order chi connectivity index (χ1) is 17.3. The molecule has 4 rings (SSSR count). The molecule has 0 spiro atoms. The largest absolute Gasteiger partial charge is 0.451 e. The number of carbonyl (C=O) groups is 3. The van der Waals surface area contributed by atoms with Gasteiger partial charge in [-0.3, -0.25) is 14.4 Å². The van der Waals surface area contributed by atoms with Crippen LogP contribution in [0.1, 0.15) is 112 Å². The number of ketones is 2. The van der Waals surface area contributed by atoms with Crippen molar-refractivity contribution in [1.29, 1.82) is 0 Å². The highest BCUT2D eigenvalue weighted by Gasteiger charge is 2.68. The van der Waals surface area contributed by atoms with E-state index in [0.717, 1.165) is 32.1 Å². The zero-order valence-electron chi connectivity index (χ0n) is 25.0. The Hall–Kier alpha value is -1.49. The van der Waals surface area contributed by atoms with E-state index in [1.165, 1.54) is 44.7 Å². The van der Waals surface area contributed by atoms with E-state index >= 15 is 0 Å². The normalized spacial score (nSPS) is 38.5. The lowest BCUT2D eigenvalue weighted by Crippen LogP contribution is -2.59. The van der Waals surface area contributed by atoms with Crippen molar-refractivity contribution in [3.05, 3.63) is 11.6 Å². The number of unbranched alkanes of at least 4 members (excludes halogenated alkanes) is 3. The molecule has 5 nitrogen and oxygen atoms in total. The summed E-state index contributed by atoms with van der Waals surface area (Å²) in [7, 11) is 4.26. The molecule has 0 N–H and O–H groups in total.